The molecule has 1 fully saturated rings. The smallest absolute Gasteiger partial charge is 0.108 e. The molecule has 2 aromatic rings. The normalized spacial score (nSPS) is 17.7. The summed E-state index contributed by atoms with van der Waals surface area (Å²) in [7, 11) is 0. The molecule has 1 saturated heterocycles. The highest BCUT2D eigenvalue weighted by molar-refractivity contribution is 7.81. The van der Waals surface area contributed by atoms with Crippen molar-refractivity contribution in [2.45, 2.75) is 26.7 Å². The van der Waals surface area contributed by atoms with E-state index in [0.717, 1.165) is 62.9 Å². The number of anilines is 2. The molecular formula is C27H33N3OS. The van der Waals surface area contributed by atoms with Crippen LogP contribution in [-0.4, -0.2) is 49.3 Å². The molecule has 1 aliphatic carbocycles. The summed E-state index contributed by atoms with van der Waals surface area (Å²) in [4.78, 5) is 5.66. The number of rotatable bonds is 7. The maximum Gasteiger partial charge on any atom is 0.108 e. The van der Waals surface area contributed by atoms with Gasteiger partial charge in [-0.15, -0.1) is 0 Å². The standard InChI is InChI=1S/C27H33N3OS/c1-3-29(4-2)24-13-10-21(11-14-24)20-22-12-15-25(26(22)30-16-18-31-19-17-30)27(32)28-23-8-6-5-7-9-23/h5-11,13-14,20H,3-4,12,15-19H2,1-2H3,(H,28,32). The third kappa shape index (κ3) is 5.22. The largest absolute Gasteiger partial charge is 0.378 e. The predicted octanol–water partition coefficient (Wildman–Crippen LogP) is 5.74. The van der Waals surface area contributed by atoms with Crippen LogP contribution in [0.4, 0.5) is 11.4 Å². The molecule has 2 aromatic carbocycles. The van der Waals surface area contributed by atoms with E-state index in [1.54, 1.807) is 0 Å². The summed E-state index contributed by atoms with van der Waals surface area (Å²) in [5.74, 6) is 0. The highest BCUT2D eigenvalue weighted by Crippen LogP contribution is 2.37. The summed E-state index contributed by atoms with van der Waals surface area (Å²) in [6.07, 6.45) is 4.32. The third-order valence-corrected chi connectivity index (χ3v) is 6.58. The van der Waals surface area contributed by atoms with Gasteiger partial charge in [0, 0.05) is 48.8 Å². The molecular weight excluding hydrogens is 414 g/mol. The second-order valence-corrected chi connectivity index (χ2v) is 8.59. The van der Waals surface area contributed by atoms with Crippen molar-refractivity contribution in [2.75, 3.05) is 49.6 Å². The third-order valence-electron chi connectivity index (χ3n) is 6.23. The van der Waals surface area contributed by atoms with Crippen molar-refractivity contribution < 1.29 is 4.74 Å². The van der Waals surface area contributed by atoms with Crippen LogP contribution in [0.5, 0.6) is 0 Å². The van der Waals surface area contributed by atoms with Gasteiger partial charge in [-0.3, -0.25) is 0 Å². The van der Waals surface area contributed by atoms with Gasteiger partial charge in [-0.2, -0.15) is 0 Å². The van der Waals surface area contributed by atoms with Crippen molar-refractivity contribution in [2.24, 2.45) is 0 Å². The highest BCUT2D eigenvalue weighted by atomic mass is 32.1. The maximum atomic E-state index is 5.87. The lowest BCUT2D eigenvalue weighted by Crippen LogP contribution is -2.36. The van der Waals surface area contributed by atoms with Crippen LogP contribution in [0.3, 0.4) is 0 Å². The first-order valence-corrected chi connectivity index (χ1v) is 12.1. The van der Waals surface area contributed by atoms with Gasteiger partial charge in [0.15, 0.2) is 0 Å². The van der Waals surface area contributed by atoms with Crippen LogP contribution in [0.1, 0.15) is 32.3 Å². The Morgan fingerprint density at radius 3 is 2.34 bits per heavy atom. The van der Waals surface area contributed by atoms with E-state index in [0.29, 0.717) is 0 Å². The number of nitrogens with one attached hydrogen (secondary N) is 1. The van der Waals surface area contributed by atoms with Crippen LogP contribution in [0.15, 0.2) is 71.4 Å². The zero-order chi connectivity index (χ0) is 22.3. The van der Waals surface area contributed by atoms with E-state index < -0.39 is 0 Å². The monoisotopic (exact) mass is 447 g/mol. The number of benzene rings is 2. The SMILES string of the molecule is CCN(CC)c1ccc(C=C2CCC(C(=S)Nc3ccccc3)=C2N2CCOCC2)cc1. The molecule has 32 heavy (non-hydrogen) atoms. The van der Waals surface area contributed by atoms with Gasteiger partial charge in [0.2, 0.25) is 0 Å². The van der Waals surface area contributed by atoms with Crippen molar-refractivity contribution in [3.8, 4) is 0 Å². The molecule has 4 nitrogen and oxygen atoms in total. The molecule has 1 heterocycles. The number of allylic oxidation sites excluding steroid dienone is 1. The Labute approximate surface area is 197 Å². The number of thiocarbonyl (C=S) groups is 1. The van der Waals surface area contributed by atoms with E-state index in [-0.39, 0.29) is 0 Å². The molecule has 4 rings (SSSR count). The summed E-state index contributed by atoms with van der Waals surface area (Å²) in [6, 6.07) is 19.1. The fourth-order valence-corrected chi connectivity index (χ4v) is 4.85. The molecule has 1 N–H and O–H groups in total. The fraction of sp³-hybridized carbons (Fsp3) is 0.370. The second-order valence-electron chi connectivity index (χ2n) is 8.18. The molecule has 0 saturated carbocycles. The molecule has 0 bridgehead atoms. The molecule has 0 unspecified atom stereocenters. The van der Waals surface area contributed by atoms with E-state index in [2.05, 4.69) is 71.4 Å². The summed E-state index contributed by atoms with van der Waals surface area (Å²) in [5, 5.41) is 3.45. The number of hydrogen-bond donors (Lipinski definition) is 1. The van der Waals surface area contributed by atoms with E-state index >= 15 is 0 Å². The topological polar surface area (TPSA) is 27.7 Å². The van der Waals surface area contributed by atoms with Crippen LogP contribution in [0, 0.1) is 0 Å². The Balaban J connectivity index is 1.62. The predicted molar refractivity (Wildman–Crippen MR) is 139 cm³/mol. The first-order valence-electron chi connectivity index (χ1n) is 11.7. The lowest BCUT2D eigenvalue weighted by molar-refractivity contribution is 0.0548. The Kier molecular flexibility index (Phi) is 7.61. The Morgan fingerprint density at radius 2 is 1.69 bits per heavy atom. The highest BCUT2D eigenvalue weighted by Gasteiger charge is 2.28. The molecule has 0 amide bonds. The van der Waals surface area contributed by atoms with Crippen molar-refractivity contribution in [3.05, 3.63) is 77.0 Å². The molecule has 1 aliphatic heterocycles. The molecule has 0 aromatic heterocycles. The minimum Gasteiger partial charge on any atom is -0.378 e. The van der Waals surface area contributed by atoms with Crippen molar-refractivity contribution >= 4 is 34.7 Å². The molecule has 0 radical (unpaired) electrons. The van der Waals surface area contributed by atoms with Gasteiger partial charge >= 0.3 is 0 Å². The van der Waals surface area contributed by atoms with Crippen LogP contribution >= 0.6 is 12.2 Å². The lowest BCUT2D eigenvalue weighted by Gasteiger charge is -2.32. The van der Waals surface area contributed by atoms with Gasteiger partial charge < -0.3 is 19.9 Å². The van der Waals surface area contributed by atoms with E-state index in [4.69, 9.17) is 17.0 Å². The number of para-hydroxylation sites is 1. The van der Waals surface area contributed by atoms with Crippen LogP contribution in [0.2, 0.25) is 0 Å². The van der Waals surface area contributed by atoms with Gasteiger partial charge in [-0.05, 0) is 68.2 Å². The number of morpholine rings is 1. The zero-order valence-corrected chi connectivity index (χ0v) is 20.0. The van der Waals surface area contributed by atoms with Crippen LogP contribution in [0.25, 0.3) is 6.08 Å². The van der Waals surface area contributed by atoms with Gasteiger partial charge in [0.25, 0.3) is 0 Å². The fourth-order valence-electron chi connectivity index (χ4n) is 4.53. The molecule has 5 heteroatoms. The van der Waals surface area contributed by atoms with Gasteiger partial charge in [-0.25, -0.2) is 0 Å². The van der Waals surface area contributed by atoms with Gasteiger partial charge in [0.1, 0.15) is 4.99 Å². The minimum atomic E-state index is 0.765. The van der Waals surface area contributed by atoms with E-state index in [9.17, 15) is 0 Å². The molecule has 2 aliphatic rings. The number of nitrogens with zero attached hydrogens (tertiary/aromatic N) is 2. The Hall–Kier alpha value is -2.63. The Morgan fingerprint density at radius 1 is 1.00 bits per heavy atom. The van der Waals surface area contributed by atoms with Crippen LogP contribution in [-0.2, 0) is 4.74 Å². The summed E-state index contributed by atoms with van der Waals surface area (Å²) in [6.45, 7) is 9.79. The first-order chi connectivity index (χ1) is 15.7. The molecule has 0 atom stereocenters. The zero-order valence-electron chi connectivity index (χ0n) is 19.1. The average Bonchev–Trinajstić information content (AvgIpc) is 3.26. The second kappa shape index (κ2) is 10.8. The van der Waals surface area contributed by atoms with E-state index in [1.165, 1.54) is 28.1 Å². The van der Waals surface area contributed by atoms with Crippen molar-refractivity contribution in [1.82, 2.24) is 4.90 Å². The van der Waals surface area contributed by atoms with Gasteiger partial charge in [-0.1, -0.05) is 42.5 Å². The molecule has 0 spiro atoms. The van der Waals surface area contributed by atoms with Crippen molar-refractivity contribution in [1.29, 1.82) is 0 Å². The quantitative estimate of drug-likeness (QED) is 0.547. The van der Waals surface area contributed by atoms with Crippen molar-refractivity contribution in [3.63, 3.8) is 0 Å². The summed E-state index contributed by atoms with van der Waals surface area (Å²) >= 11 is 5.87. The van der Waals surface area contributed by atoms with Gasteiger partial charge in [0.05, 0.1) is 13.2 Å². The van der Waals surface area contributed by atoms with Crippen LogP contribution < -0.4 is 10.2 Å². The number of ether oxygens (including phenoxy) is 1. The Bertz CT molecular complexity index is 972. The summed E-state index contributed by atoms with van der Waals surface area (Å²) < 4.78 is 5.62. The minimum absolute atomic E-state index is 0.765. The lowest BCUT2D eigenvalue weighted by atomic mass is 10.1. The summed E-state index contributed by atoms with van der Waals surface area (Å²) in [5.41, 5.74) is 7.48. The van der Waals surface area contributed by atoms with E-state index in [1.807, 2.05) is 18.2 Å². The average molecular weight is 448 g/mol. The first kappa shape index (κ1) is 22.6. The molecule has 168 valence electrons. The maximum absolute atomic E-state index is 5.87. The number of hydrogen-bond acceptors (Lipinski definition) is 4.